The Morgan fingerprint density at radius 1 is 1.40 bits per heavy atom. The van der Waals surface area contributed by atoms with E-state index in [-0.39, 0.29) is 5.82 Å². The van der Waals surface area contributed by atoms with E-state index in [1.165, 1.54) is 0 Å². The van der Waals surface area contributed by atoms with Crippen molar-refractivity contribution in [3.63, 3.8) is 0 Å². The van der Waals surface area contributed by atoms with Gasteiger partial charge in [0.25, 0.3) is 5.82 Å². The number of benzene rings is 1. The molecule has 0 aliphatic heterocycles. The Hall–Kier alpha value is -1.76. The van der Waals surface area contributed by atoms with Gasteiger partial charge in [-0.25, -0.2) is 4.79 Å². The molecule has 2 aromatic rings. The van der Waals surface area contributed by atoms with Crippen LogP contribution >= 0.6 is 15.9 Å². The number of aromatic nitrogens is 4. The van der Waals surface area contributed by atoms with E-state index < -0.39 is 5.97 Å². The molecule has 0 saturated carbocycles. The molecule has 1 aromatic carbocycles. The van der Waals surface area contributed by atoms with Crippen LogP contribution in [0.2, 0.25) is 0 Å². The fraction of sp³-hybridized carbons (Fsp3) is 0. The minimum absolute atomic E-state index is 0.220. The monoisotopic (exact) mass is 268 g/mol. The third-order valence-electron chi connectivity index (χ3n) is 1.74. The molecule has 0 aliphatic carbocycles. The minimum atomic E-state index is -1.17. The van der Waals surface area contributed by atoms with Gasteiger partial charge in [-0.3, -0.25) is 0 Å². The van der Waals surface area contributed by atoms with E-state index in [4.69, 9.17) is 5.11 Å². The van der Waals surface area contributed by atoms with Gasteiger partial charge in [0.15, 0.2) is 0 Å². The van der Waals surface area contributed by atoms with Crippen LogP contribution in [0, 0.1) is 0 Å². The number of hydrogen-bond donors (Lipinski definition) is 1. The van der Waals surface area contributed by atoms with E-state index in [2.05, 4.69) is 31.5 Å². The molecule has 2 rings (SSSR count). The quantitative estimate of drug-likeness (QED) is 0.883. The molecule has 0 unspecified atom stereocenters. The highest BCUT2D eigenvalue weighted by atomic mass is 79.9. The average molecular weight is 269 g/mol. The highest BCUT2D eigenvalue weighted by Gasteiger charge is 2.16. The number of para-hydroxylation sites is 1. The molecule has 1 heterocycles. The van der Waals surface area contributed by atoms with Crippen LogP contribution in [-0.2, 0) is 0 Å². The van der Waals surface area contributed by atoms with E-state index in [0.717, 1.165) is 9.15 Å². The Morgan fingerprint density at radius 2 is 2.13 bits per heavy atom. The van der Waals surface area contributed by atoms with Crippen molar-refractivity contribution >= 4 is 21.9 Å². The van der Waals surface area contributed by atoms with Crippen LogP contribution in [0.15, 0.2) is 28.7 Å². The van der Waals surface area contributed by atoms with Crippen molar-refractivity contribution in [3.8, 4) is 5.69 Å². The van der Waals surface area contributed by atoms with Crippen molar-refractivity contribution in [1.82, 2.24) is 20.2 Å². The molecule has 1 N–H and O–H groups in total. The maximum absolute atomic E-state index is 10.8. The van der Waals surface area contributed by atoms with Crippen molar-refractivity contribution in [1.29, 1.82) is 0 Å². The van der Waals surface area contributed by atoms with Crippen LogP contribution in [-0.4, -0.2) is 31.3 Å². The normalized spacial score (nSPS) is 10.2. The summed E-state index contributed by atoms with van der Waals surface area (Å²) in [5.41, 5.74) is 0.583. The smallest absolute Gasteiger partial charge is 0.376 e. The predicted molar refractivity (Wildman–Crippen MR) is 53.8 cm³/mol. The van der Waals surface area contributed by atoms with Gasteiger partial charge in [0.2, 0.25) is 0 Å². The number of carboxylic acid groups (broad SMARTS) is 1. The lowest BCUT2D eigenvalue weighted by Crippen LogP contribution is -2.09. The molecule has 0 bridgehead atoms. The summed E-state index contributed by atoms with van der Waals surface area (Å²) in [6, 6.07) is 7.08. The van der Waals surface area contributed by atoms with E-state index in [1.54, 1.807) is 18.2 Å². The van der Waals surface area contributed by atoms with Gasteiger partial charge in [-0.15, -0.1) is 5.10 Å². The van der Waals surface area contributed by atoms with E-state index in [1.807, 2.05) is 6.07 Å². The minimum Gasteiger partial charge on any atom is -0.475 e. The van der Waals surface area contributed by atoms with Gasteiger partial charge in [-0.2, -0.15) is 4.68 Å². The summed E-state index contributed by atoms with van der Waals surface area (Å²) in [6.45, 7) is 0. The molecule has 1 aromatic heterocycles. The number of nitrogens with zero attached hydrogens (tertiary/aromatic N) is 4. The predicted octanol–water partition coefficient (Wildman–Crippen LogP) is 1.12. The maximum Gasteiger partial charge on any atom is 0.376 e. The molecule has 76 valence electrons. The van der Waals surface area contributed by atoms with Crippen molar-refractivity contribution in [3.05, 3.63) is 34.6 Å². The van der Waals surface area contributed by atoms with Gasteiger partial charge in [-0.05, 0) is 38.5 Å². The SMILES string of the molecule is O=C(O)c1nnnn1-c1ccccc1Br. The highest BCUT2D eigenvalue weighted by molar-refractivity contribution is 9.10. The summed E-state index contributed by atoms with van der Waals surface area (Å²) in [6.07, 6.45) is 0. The molecule has 7 heteroatoms. The van der Waals surface area contributed by atoms with Gasteiger partial charge >= 0.3 is 5.97 Å². The Kier molecular flexibility index (Phi) is 2.46. The number of carbonyl (C=O) groups is 1. The molecule has 0 radical (unpaired) electrons. The molecule has 15 heavy (non-hydrogen) atoms. The third-order valence-corrected chi connectivity index (χ3v) is 2.41. The van der Waals surface area contributed by atoms with Crippen molar-refractivity contribution in [2.45, 2.75) is 0 Å². The Bertz CT molecular complexity index is 511. The summed E-state index contributed by atoms with van der Waals surface area (Å²) in [4.78, 5) is 10.8. The second-order valence-electron chi connectivity index (χ2n) is 2.67. The van der Waals surface area contributed by atoms with Crippen LogP contribution in [0.3, 0.4) is 0 Å². The molecule has 6 nitrogen and oxygen atoms in total. The zero-order valence-electron chi connectivity index (χ0n) is 7.33. The Morgan fingerprint density at radius 3 is 2.80 bits per heavy atom. The standard InChI is InChI=1S/C8H5BrN4O2/c9-5-3-1-2-4-6(5)13-7(8(14)15)10-11-12-13/h1-4H,(H,14,15). The summed E-state index contributed by atoms with van der Waals surface area (Å²) >= 11 is 3.29. The van der Waals surface area contributed by atoms with Gasteiger partial charge in [-0.1, -0.05) is 12.1 Å². The summed E-state index contributed by atoms with van der Waals surface area (Å²) in [5, 5.41) is 19.2. The van der Waals surface area contributed by atoms with Gasteiger partial charge < -0.3 is 5.11 Å². The maximum atomic E-state index is 10.8. The van der Waals surface area contributed by atoms with Crippen LogP contribution in [0.1, 0.15) is 10.6 Å². The lowest BCUT2D eigenvalue weighted by Gasteiger charge is -2.03. The first-order chi connectivity index (χ1) is 7.20. The number of halogens is 1. The molecular formula is C8H5BrN4O2. The van der Waals surface area contributed by atoms with Crippen LogP contribution < -0.4 is 0 Å². The van der Waals surface area contributed by atoms with E-state index >= 15 is 0 Å². The van der Waals surface area contributed by atoms with Gasteiger partial charge in [0, 0.05) is 4.47 Å². The van der Waals surface area contributed by atoms with Crippen LogP contribution in [0.25, 0.3) is 5.69 Å². The fourth-order valence-corrected chi connectivity index (χ4v) is 1.56. The zero-order chi connectivity index (χ0) is 10.8. The lowest BCUT2D eigenvalue weighted by atomic mass is 10.3. The molecule has 0 spiro atoms. The van der Waals surface area contributed by atoms with E-state index in [0.29, 0.717) is 5.69 Å². The number of carboxylic acids is 1. The van der Waals surface area contributed by atoms with E-state index in [9.17, 15) is 4.79 Å². The van der Waals surface area contributed by atoms with Gasteiger partial charge in [0.05, 0.1) is 5.69 Å². The molecule has 0 fully saturated rings. The van der Waals surface area contributed by atoms with Crippen molar-refractivity contribution < 1.29 is 9.90 Å². The van der Waals surface area contributed by atoms with Crippen molar-refractivity contribution in [2.24, 2.45) is 0 Å². The second kappa shape index (κ2) is 3.77. The largest absolute Gasteiger partial charge is 0.475 e. The first kappa shape index (κ1) is 9.78. The molecule has 0 aliphatic rings. The number of aromatic carboxylic acids is 1. The highest BCUT2D eigenvalue weighted by Crippen LogP contribution is 2.19. The summed E-state index contributed by atoms with van der Waals surface area (Å²) in [5.74, 6) is -1.39. The zero-order valence-corrected chi connectivity index (χ0v) is 8.92. The Labute approximate surface area is 92.7 Å². The summed E-state index contributed by atoms with van der Waals surface area (Å²) in [7, 11) is 0. The molecule has 0 saturated heterocycles. The van der Waals surface area contributed by atoms with Crippen molar-refractivity contribution in [2.75, 3.05) is 0 Å². The fourth-order valence-electron chi connectivity index (χ4n) is 1.11. The van der Waals surface area contributed by atoms with Crippen LogP contribution in [0.5, 0.6) is 0 Å². The molecule has 0 amide bonds. The summed E-state index contributed by atoms with van der Waals surface area (Å²) < 4.78 is 1.88. The van der Waals surface area contributed by atoms with Gasteiger partial charge in [0.1, 0.15) is 0 Å². The third kappa shape index (κ3) is 1.73. The number of hydrogen-bond acceptors (Lipinski definition) is 4. The number of rotatable bonds is 2. The Balaban J connectivity index is 2.59. The topological polar surface area (TPSA) is 80.9 Å². The average Bonchev–Trinajstić information content (AvgIpc) is 2.67. The van der Waals surface area contributed by atoms with Crippen LogP contribution in [0.4, 0.5) is 0 Å². The molecular weight excluding hydrogens is 264 g/mol. The lowest BCUT2D eigenvalue weighted by molar-refractivity contribution is 0.0680. The number of tetrazole rings is 1. The molecule has 0 atom stereocenters. The first-order valence-electron chi connectivity index (χ1n) is 3.96. The second-order valence-corrected chi connectivity index (χ2v) is 3.53. The first-order valence-corrected chi connectivity index (χ1v) is 4.76.